The Balaban J connectivity index is 2.23. The molecule has 0 saturated heterocycles. The van der Waals surface area contributed by atoms with Crippen LogP contribution in [-0.2, 0) is 4.84 Å². The number of rotatable bonds is 1. The summed E-state index contributed by atoms with van der Waals surface area (Å²) in [5, 5.41) is 3.50. The molecule has 4 nitrogen and oxygen atoms in total. The van der Waals surface area contributed by atoms with Gasteiger partial charge in [0.1, 0.15) is 0 Å². The summed E-state index contributed by atoms with van der Waals surface area (Å²) in [4.78, 5) is 10.4. The van der Waals surface area contributed by atoms with Gasteiger partial charge in [-0.3, -0.25) is 9.88 Å². The first-order chi connectivity index (χ1) is 5.47. The van der Waals surface area contributed by atoms with E-state index in [9.17, 15) is 0 Å². The van der Waals surface area contributed by atoms with Gasteiger partial charge >= 0.3 is 0 Å². The normalized spacial score (nSPS) is 15.1. The highest BCUT2D eigenvalue weighted by molar-refractivity contribution is 5.79. The fourth-order valence-corrected chi connectivity index (χ4v) is 0.850. The van der Waals surface area contributed by atoms with Crippen LogP contribution in [0.5, 0.6) is 0 Å². The van der Waals surface area contributed by atoms with Crippen molar-refractivity contribution in [1.29, 1.82) is 0 Å². The molecule has 1 radical (unpaired) electrons. The van der Waals surface area contributed by atoms with Crippen molar-refractivity contribution in [3.8, 4) is 0 Å². The molecule has 0 unspecified atom stereocenters. The van der Waals surface area contributed by atoms with Crippen LogP contribution < -0.4 is 4.90 Å². The van der Waals surface area contributed by atoms with Crippen LogP contribution in [-0.4, -0.2) is 18.1 Å². The SMILES string of the molecule is [C]1=NOCN1c1ccncc1. The first kappa shape index (κ1) is 6.15. The van der Waals surface area contributed by atoms with E-state index < -0.39 is 0 Å². The molecule has 4 heteroatoms. The molecule has 0 fully saturated rings. The van der Waals surface area contributed by atoms with Crippen LogP contribution in [0.4, 0.5) is 5.69 Å². The lowest BCUT2D eigenvalue weighted by Gasteiger charge is -2.08. The number of hydrogen-bond acceptors (Lipinski definition) is 4. The predicted molar refractivity (Wildman–Crippen MR) is 40.1 cm³/mol. The minimum absolute atomic E-state index is 0.435. The molecule has 0 bridgehead atoms. The fraction of sp³-hybridized carbons (Fsp3) is 0.143. The van der Waals surface area contributed by atoms with Crippen LogP contribution in [0.1, 0.15) is 0 Å². The Morgan fingerprint density at radius 1 is 1.45 bits per heavy atom. The van der Waals surface area contributed by atoms with E-state index in [1.807, 2.05) is 12.1 Å². The van der Waals surface area contributed by atoms with Gasteiger partial charge in [0.05, 0.1) is 0 Å². The van der Waals surface area contributed by atoms with E-state index in [2.05, 4.69) is 16.5 Å². The monoisotopic (exact) mass is 148 g/mol. The van der Waals surface area contributed by atoms with E-state index in [1.54, 1.807) is 17.3 Å². The van der Waals surface area contributed by atoms with E-state index in [-0.39, 0.29) is 0 Å². The number of anilines is 1. The molecule has 0 saturated carbocycles. The molecule has 1 aliphatic rings. The highest BCUT2D eigenvalue weighted by Crippen LogP contribution is 2.12. The van der Waals surface area contributed by atoms with Crippen LogP contribution in [0.3, 0.4) is 0 Å². The summed E-state index contributed by atoms with van der Waals surface area (Å²) in [5.41, 5.74) is 0.987. The van der Waals surface area contributed by atoms with Gasteiger partial charge in [-0.2, -0.15) is 0 Å². The van der Waals surface area contributed by atoms with Crippen molar-refractivity contribution in [2.45, 2.75) is 0 Å². The minimum Gasteiger partial charge on any atom is -0.371 e. The molecule has 0 amide bonds. The zero-order valence-electron chi connectivity index (χ0n) is 5.77. The molecule has 1 aliphatic heterocycles. The first-order valence-corrected chi connectivity index (χ1v) is 3.22. The highest BCUT2D eigenvalue weighted by Gasteiger charge is 2.08. The topological polar surface area (TPSA) is 37.7 Å². The van der Waals surface area contributed by atoms with E-state index in [1.165, 1.54) is 0 Å². The first-order valence-electron chi connectivity index (χ1n) is 3.22. The van der Waals surface area contributed by atoms with Crippen molar-refractivity contribution in [3.05, 3.63) is 24.5 Å². The second-order valence-corrected chi connectivity index (χ2v) is 2.08. The molecule has 1 aromatic heterocycles. The largest absolute Gasteiger partial charge is 0.371 e. The molecule has 2 heterocycles. The van der Waals surface area contributed by atoms with E-state index >= 15 is 0 Å². The fourth-order valence-electron chi connectivity index (χ4n) is 0.850. The molecule has 2 rings (SSSR count). The number of aromatic nitrogens is 1. The number of nitrogens with zero attached hydrogens (tertiary/aromatic N) is 3. The van der Waals surface area contributed by atoms with Crippen molar-refractivity contribution in [1.82, 2.24) is 4.98 Å². The summed E-state index contributed by atoms with van der Waals surface area (Å²) in [5.74, 6) is 0. The summed E-state index contributed by atoms with van der Waals surface area (Å²) in [6.07, 6.45) is 6.12. The molecule has 55 valence electrons. The molecular weight excluding hydrogens is 142 g/mol. The molecule has 0 aromatic carbocycles. The Morgan fingerprint density at radius 3 is 2.91 bits per heavy atom. The highest BCUT2D eigenvalue weighted by atomic mass is 16.6. The van der Waals surface area contributed by atoms with Crippen LogP contribution in [0.15, 0.2) is 29.7 Å². The Morgan fingerprint density at radius 2 is 2.27 bits per heavy atom. The van der Waals surface area contributed by atoms with E-state index in [0.717, 1.165) is 5.69 Å². The van der Waals surface area contributed by atoms with Gasteiger partial charge in [-0.05, 0) is 12.1 Å². The van der Waals surface area contributed by atoms with Gasteiger partial charge in [-0.15, -0.1) is 0 Å². The lowest BCUT2D eigenvalue weighted by atomic mass is 10.4. The molecule has 0 aliphatic carbocycles. The van der Waals surface area contributed by atoms with Gasteiger partial charge in [0, 0.05) is 18.1 Å². The third kappa shape index (κ3) is 1.14. The predicted octanol–water partition coefficient (Wildman–Crippen LogP) is 0.696. The smallest absolute Gasteiger partial charge is 0.222 e. The second kappa shape index (κ2) is 2.57. The molecule has 0 N–H and O–H groups in total. The van der Waals surface area contributed by atoms with Crippen LogP contribution in [0.2, 0.25) is 0 Å². The van der Waals surface area contributed by atoms with Gasteiger partial charge in [0.25, 0.3) is 0 Å². The zero-order valence-corrected chi connectivity index (χ0v) is 5.77. The maximum Gasteiger partial charge on any atom is 0.222 e. The maximum absolute atomic E-state index is 4.73. The second-order valence-electron chi connectivity index (χ2n) is 2.08. The van der Waals surface area contributed by atoms with Gasteiger partial charge in [0.2, 0.25) is 6.34 Å². The van der Waals surface area contributed by atoms with E-state index in [4.69, 9.17) is 4.84 Å². The molecule has 0 atom stereocenters. The standard InChI is InChI=1S/C7H6N3O/c1-3-8-4-2-7(1)10-5-9-11-6-10/h1-4H,6H2. The summed E-state index contributed by atoms with van der Waals surface area (Å²) in [7, 11) is 0. The third-order valence-electron chi connectivity index (χ3n) is 1.39. The summed E-state index contributed by atoms with van der Waals surface area (Å²) in [6.45, 7) is 0.435. The average Bonchev–Trinajstić information content (AvgIpc) is 2.58. The van der Waals surface area contributed by atoms with Crippen molar-refractivity contribution in [2.75, 3.05) is 11.6 Å². The zero-order chi connectivity index (χ0) is 7.52. The van der Waals surface area contributed by atoms with E-state index in [0.29, 0.717) is 6.73 Å². The molecular formula is C7H6N3O. The Labute approximate surface area is 64.1 Å². The maximum atomic E-state index is 4.73. The quantitative estimate of drug-likeness (QED) is 0.588. The number of pyridine rings is 1. The van der Waals surface area contributed by atoms with Gasteiger partial charge in [-0.25, -0.2) is 0 Å². The molecule has 1 aromatic rings. The van der Waals surface area contributed by atoms with Crippen LogP contribution >= 0.6 is 0 Å². The van der Waals surface area contributed by atoms with Crippen LogP contribution in [0, 0.1) is 0 Å². The van der Waals surface area contributed by atoms with Gasteiger partial charge in [0.15, 0.2) is 6.73 Å². The summed E-state index contributed by atoms with van der Waals surface area (Å²) < 4.78 is 0. The van der Waals surface area contributed by atoms with Crippen molar-refractivity contribution in [3.63, 3.8) is 0 Å². The lowest BCUT2D eigenvalue weighted by Crippen LogP contribution is -2.17. The molecule has 0 spiro atoms. The Bertz CT molecular complexity index is 260. The minimum atomic E-state index is 0.435. The van der Waals surface area contributed by atoms with Crippen LogP contribution in [0.25, 0.3) is 0 Å². The number of hydrogen-bond donors (Lipinski definition) is 0. The van der Waals surface area contributed by atoms with Gasteiger partial charge in [-0.1, -0.05) is 5.16 Å². The Hall–Kier alpha value is -1.58. The van der Waals surface area contributed by atoms with Crippen molar-refractivity contribution in [2.24, 2.45) is 5.16 Å². The lowest BCUT2D eigenvalue weighted by molar-refractivity contribution is 0.174. The molecule has 11 heavy (non-hydrogen) atoms. The summed E-state index contributed by atoms with van der Waals surface area (Å²) in [6, 6.07) is 3.74. The summed E-state index contributed by atoms with van der Waals surface area (Å²) >= 11 is 0. The van der Waals surface area contributed by atoms with Crippen molar-refractivity contribution >= 4 is 12.0 Å². The average molecular weight is 148 g/mol. The Kier molecular flexibility index (Phi) is 1.44. The third-order valence-corrected chi connectivity index (χ3v) is 1.39. The van der Waals surface area contributed by atoms with Crippen molar-refractivity contribution < 1.29 is 4.84 Å². The van der Waals surface area contributed by atoms with Gasteiger partial charge < -0.3 is 4.84 Å².